The summed E-state index contributed by atoms with van der Waals surface area (Å²) in [5.41, 5.74) is 3.70. The van der Waals surface area contributed by atoms with Gasteiger partial charge in [-0.15, -0.1) is 24.5 Å². The lowest BCUT2D eigenvalue weighted by molar-refractivity contribution is -0.274. The Morgan fingerprint density at radius 1 is 1.11 bits per heavy atom. The summed E-state index contributed by atoms with van der Waals surface area (Å²) in [6.07, 6.45) is -3.20. The van der Waals surface area contributed by atoms with Gasteiger partial charge in [0, 0.05) is 17.6 Å². The van der Waals surface area contributed by atoms with Crippen LogP contribution in [0.1, 0.15) is 16.8 Å². The minimum absolute atomic E-state index is 0.248. The van der Waals surface area contributed by atoms with Gasteiger partial charge in [-0.2, -0.15) is 0 Å². The van der Waals surface area contributed by atoms with Crippen molar-refractivity contribution in [1.29, 1.82) is 0 Å². The van der Waals surface area contributed by atoms with E-state index in [0.717, 1.165) is 37.3 Å². The summed E-state index contributed by atoms with van der Waals surface area (Å²) in [7, 11) is 0. The maximum Gasteiger partial charge on any atom is 0.573 e. The predicted octanol–water partition coefficient (Wildman–Crippen LogP) is 5.37. The lowest BCUT2D eigenvalue weighted by Crippen LogP contribution is -2.17. The molecule has 0 fully saturated rings. The van der Waals surface area contributed by atoms with Crippen LogP contribution in [-0.4, -0.2) is 21.3 Å². The number of pyridine rings is 1. The summed E-state index contributed by atoms with van der Waals surface area (Å²) < 4.78 is 41.5. The molecule has 3 aromatic heterocycles. The van der Waals surface area contributed by atoms with Crippen molar-refractivity contribution in [1.82, 2.24) is 15.0 Å². The first-order valence-electron chi connectivity index (χ1n) is 8.40. The molecule has 0 spiro atoms. The second kappa shape index (κ2) is 6.90. The molecule has 1 N–H and O–H groups in total. The number of alkyl halides is 3. The van der Waals surface area contributed by atoms with Gasteiger partial charge in [-0.25, -0.2) is 15.0 Å². The molecule has 0 unspecified atom stereocenters. The van der Waals surface area contributed by atoms with Crippen LogP contribution in [0.5, 0.6) is 5.75 Å². The fourth-order valence-corrected chi connectivity index (χ4v) is 4.25. The molecular weight excluding hydrogens is 389 g/mol. The normalized spacial score (nSPS) is 11.9. The van der Waals surface area contributed by atoms with Crippen LogP contribution in [-0.2, 0) is 6.54 Å². The molecule has 28 heavy (non-hydrogen) atoms. The fourth-order valence-electron chi connectivity index (χ4n) is 3.03. The standard InChI is InChI=1S/C19H15F3N4OS/c1-10-7-11(2)26-18-14(10)15-16(28-18)17(25-9-24-15)23-8-12-3-5-13(6-4-12)27-19(20,21)22/h3-7,9H,8H2,1-2H3,(H,23,24,25). The largest absolute Gasteiger partial charge is 0.573 e. The number of ether oxygens (including phenoxy) is 1. The minimum atomic E-state index is -4.70. The Hall–Kier alpha value is -2.94. The zero-order chi connectivity index (χ0) is 19.9. The van der Waals surface area contributed by atoms with Gasteiger partial charge >= 0.3 is 6.36 Å². The topological polar surface area (TPSA) is 59.9 Å². The Labute approximate surface area is 162 Å². The molecule has 0 radical (unpaired) electrons. The summed E-state index contributed by atoms with van der Waals surface area (Å²) >= 11 is 1.52. The quantitative estimate of drug-likeness (QED) is 0.496. The lowest BCUT2D eigenvalue weighted by Gasteiger charge is -2.10. The van der Waals surface area contributed by atoms with Crippen LogP contribution in [0.4, 0.5) is 19.0 Å². The number of thiophene rings is 1. The van der Waals surface area contributed by atoms with Gasteiger partial charge in [-0.05, 0) is 43.2 Å². The molecule has 1 aromatic carbocycles. The minimum Gasteiger partial charge on any atom is -0.406 e. The first-order valence-corrected chi connectivity index (χ1v) is 9.22. The van der Waals surface area contributed by atoms with E-state index in [-0.39, 0.29) is 5.75 Å². The number of aryl methyl sites for hydroxylation is 2. The van der Waals surface area contributed by atoms with Crippen molar-refractivity contribution in [2.75, 3.05) is 5.32 Å². The predicted molar refractivity (Wildman–Crippen MR) is 103 cm³/mol. The highest BCUT2D eigenvalue weighted by atomic mass is 32.1. The van der Waals surface area contributed by atoms with E-state index in [1.165, 1.54) is 29.8 Å². The average Bonchev–Trinajstić information content (AvgIpc) is 2.98. The van der Waals surface area contributed by atoms with Gasteiger partial charge in [0.15, 0.2) is 0 Å². The van der Waals surface area contributed by atoms with Gasteiger partial charge in [0.2, 0.25) is 0 Å². The number of rotatable bonds is 4. The van der Waals surface area contributed by atoms with Gasteiger partial charge in [-0.1, -0.05) is 12.1 Å². The highest BCUT2D eigenvalue weighted by Gasteiger charge is 2.30. The number of hydrogen-bond acceptors (Lipinski definition) is 6. The molecule has 4 aromatic rings. The van der Waals surface area contributed by atoms with E-state index in [1.54, 1.807) is 12.1 Å². The van der Waals surface area contributed by atoms with Gasteiger partial charge < -0.3 is 10.1 Å². The number of benzene rings is 1. The maximum atomic E-state index is 12.2. The van der Waals surface area contributed by atoms with Crippen molar-refractivity contribution in [3.05, 3.63) is 53.5 Å². The van der Waals surface area contributed by atoms with E-state index >= 15 is 0 Å². The van der Waals surface area contributed by atoms with Crippen molar-refractivity contribution in [3.63, 3.8) is 0 Å². The third-order valence-corrected chi connectivity index (χ3v) is 5.25. The highest BCUT2D eigenvalue weighted by molar-refractivity contribution is 7.26. The SMILES string of the molecule is Cc1cc(C)c2c(n1)sc1c(NCc3ccc(OC(F)(F)F)cc3)ncnc12. The van der Waals surface area contributed by atoms with Crippen LogP contribution >= 0.6 is 11.3 Å². The van der Waals surface area contributed by atoms with Crippen molar-refractivity contribution in [3.8, 4) is 5.75 Å². The summed E-state index contributed by atoms with van der Waals surface area (Å²) in [6.45, 7) is 4.38. The van der Waals surface area contributed by atoms with Crippen LogP contribution in [0.3, 0.4) is 0 Å². The molecule has 3 heterocycles. The molecule has 0 saturated carbocycles. The number of fused-ring (bicyclic) bond motifs is 3. The Kier molecular flexibility index (Phi) is 4.54. The maximum absolute atomic E-state index is 12.2. The molecule has 0 bridgehead atoms. The number of anilines is 1. The summed E-state index contributed by atoms with van der Waals surface area (Å²) in [4.78, 5) is 14.2. The zero-order valence-electron chi connectivity index (χ0n) is 15.0. The van der Waals surface area contributed by atoms with Gasteiger partial charge in [-0.3, -0.25) is 0 Å². The summed E-state index contributed by atoms with van der Waals surface area (Å²) in [6, 6.07) is 7.75. The van der Waals surface area contributed by atoms with E-state index in [4.69, 9.17) is 0 Å². The van der Waals surface area contributed by atoms with Crippen molar-refractivity contribution >= 4 is 37.6 Å². The third-order valence-electron chi connectivity index (χ3n) is 4.17. The van der Waals surface area contributed by atoms with Crippen molar-refractivity contribution in [2.24, 2.45) is 0 Å². The van der Waals surface area contributed by atoms with Gasteiger partial charge in [0.05, 0.1) is 10.2 Å². The van der Waals surface area contributed by atoms with Crippen LogP contribution < -0.4 is 10.1 Å². The third kappa shape index (κ3) is 3.70. The average molecular weight is 404 g/mol. The molecule has 0 saturated heterocycles. The van der Waals surface area contributed by atoms with Crippen LogP contribution in [0.15, 0.2) is 36.7 Å². The van der Waals surface area contributed by atoms with E-state index in [2.05, 4.69) is 25.0 Å². The van der Waals surface area contributed by atoms with Crippen molar-refractivity contribution in [2.45, 2.75) is 26.8 Å². The molecule has 0 aliphatic rings. The lowest BCUT2D eigenvalue weighted by atomic mass is 10.1. The molecule has 9 heteroatoms. The number of halogens is 3. The molecule has 0 aliphatic heterocycles. The first-order chi connectivity index (χ1) is 13.3. The molecule has 5 nitrogen and oxygen atoms in total. The number of aromatic nitrogens is 3. The second-order valence-corrected chi connectivity index (χ2v) is 7.31. The zero-order valence-corrected chi connectivity index (χ0v) is 15.8. The molecule has 4 rings (SSSR count). The molecule has 0 atom stereocenters. The van der Waals surface area contributed by atoms with E-state index in [9.17, 15) is 13.2 Å². The summed E-state index contributed by atoms with van der Waals surface area (Å²) in [5, 5.41) is 4.25. The molecule has 0 aliphatic carbocycles. The first kappa shape index (κ1) is 18.4. The number of hydrogen-bond donors (Lipinski definition) is 1. The Balaban J connectivity index is 1.59. The van der Waals surface area contributed by atoms with Crippen LogP contribution in [0.25, 0.3) is 20.4 Å². The van der Waals surface area contributed by atoms with E-state index in [1.807, 2.05) is 19.9 Å². The fraction of sp³-hybridized carbons (Fsp3) is 0.211. The summed E-state index contributed by atoms with van der Waals surface area (Å²) in [5.74, 6) is 0.419. The van der Waals surface area contributed by atoms with Crippen molar-refractivity contribution < 1.29 is 17.9 Å². The molecular formula is C19H15F3N4OS. The van der Waals surface area contributed by atoms with Crippen LogP contribution in [0.2, 0.25) is 0 Å². The second-order valence-electron chi connectivity index (χ2n) is 6.31. The number of nitrogens with one attached hydrogen (secondary N) is 1. The Morgan fingerprint density at radius 3 is 2.57 bits per heavy atom. The molecule has 144 valence electrons. The van der Waals surface area contributed by atoms with E-state index in [0.29, 0.717) is 12.4 Å². The Bertz CT molecular complexity index is 1160. The number of nitrogens with zero attached hydrogens (tertiary/aromatic N) is 3. The molecule has 0 amide bonds. The highest BCUT2D eigenvalue weighted by Crippen LogP contribution is 2.36. The van der Waals surface area contributed by atoms with E-state index < -0.39 is 6.36 Å². The van der Waals surface area contributed by atoms with Crippen LogP contribution in [0, 0.1) is 13.8 Å². The van der Waals surface area contributed by atoms with Gasteiger partial charge in [0.1, 0.15) is 22.7 Å². The van der Waals surface area contributed by atoms with Gasteiger partial charge in [0.25, 0.3) is 0 Å². The smallest absolute Gasteiger partial charge is 0.406 e. The monoisotopic (exact) mass is 404 g/mol. The Morgan fingerprint density at radius 2 is 1.86 bits per heavy atom.